The van der Waals surface area contributed by atoms with Crippen LogP contribution in [0.2, 0.25) is 0 Å². The third kappa shape index (κ3) is 2.93. The lowest BCUT2D eigenvalue weighted by atomic mass is 9.96. The second-order valence-corrected chi connectivity index (χ2v) is 5.60. The van der Waals surface area contributed by atoms with Crippen molar-refractivity contribution in [2.45, 2.75) is 37.8 Å². The van der Waals surface area contributed by atoms with Crippen LogP contribution in [0.15, 0.2) is 4.52 Å². The molecule has 2 aliphatic rings. The highest BCUT2D eigenvalue weighted by molar-refractivity contribution is 5.68. The van der Waals surface area contributed by atoms with E-state index in [9.17, 15) is 4.79 Å². The van der Waals surface area contributed by atoms with E-state index in [2.05, 4.69) is 15.0 Å². The fourth-order valence-electron chi connectivity index (χ4n) is 2.37. The van der Waals surface area contributed by atoms with Gasteiger partial charge in [-0.1, -0.05) is 5.16 Å². The van der Waals surface area contributed by atoms with E-state index in [1.807, 2.05) is 6.92 Å². The van der Waals surface area contributed by atoms with E-state index in [0.29, 0.717) is 31.4 Å². The number of likely N-dealkylation sites (tertiary alicyclic amines) is 1. The van der Waals surface area contributed by atoms with Crippen molar-refractivity contribution in [1.82, 2.24) is 15.0 Å². The van der Waals surface area contributed by atoms with Crippen LogP contribution in [0.4, 0.5) is 0 Å². The van der Waals surface area contributed by atoms with Gasteiger partial charge in [-0.25, -0.2) is 4.79 Å². The average molecular weight is 267 g/mol. The Kier molecular flexibility index (Phi) is 3.02. The minimum absolute atomic E-state index is 0.252. The molecule has 1 saturated heterocycles. The molecule has 0 aromatic carbocycles. The summed E-state index contributed by atoms with van der Waals surface area (Å²) in [6.45, 7) is 3.67. The van der Waals surface area contributed by atoms with Gasteiger partial charge in [-0.3, -0.25) is 4.90 Å². The lowest BCUT2D eigenvalue weighted by Crippen LogP contribution is -2.61. The fourth-order valence-corrected chi connectivity index (χ4v) is 2.37. The zero-order valence-corrected chi connectivity index (χ0v) is 10.8. The smallest absolute Gasteiger partial charge is 0.329 e. The maximum atomic E-state index is 10.5. The third-order valence-corrected chi connectivity index (χ3v) is 3.44. The molecule has 2 heterocycles. The van der Waals surface area contributed by atoms with Gasteiger partial charge in [-0.05, 0) is 19.8 Å². The Labute approximate surface area is 110 Å². The molecule has 0 unspecified atom stereocenters. The highest BCUT2D eigenvalue weighted by Crippen LogP contribution is 2.39. The van der Waals surface area contributed by atoms with E-state index >= 15 is 0 Å². The highest BCUT2D eigenvalue weighted by Gasteiger charge is 2.40. The summed E-state index contributed by atoms with van der Waals surface area (Å²) in [5.74, 6) is 0.983. The zero-order valence-electron chi connectivity index (χ0n) is 10.8. The maximum absolute atomic E-state index is 10.5. The van der Waals surface area contributed by atoms with E-state index in [1.165, 1.54) is 0 Å². The highest BCUT2D eigenvalue weighted by atomic mass is 16.5. The number of rotatable bonds is 6. The third-order valence-electron chi connectivity index (χ3n) is 3.44. The molecule has 7 nitrogen and oxygen atoms in total. The van der Waals surface area contributed by atoms with Crippen molar-refractivity contribution in [2.24, 2.45) is 0 Å². The van der Waals surface area contributed by atoms with E-state index in [1.54, 1.807) is 0 Å². The predicted molar refractivity (Wildman–Crippen MR) is 63.5 cm³/mol. The summed E-state index contributed by atoms with van der Waals surface area (Å²) in [6.07, 6.45) is 2.29. The number of carboxylic acids is 1. The first-order valence-electron chi connectivity index (χ1n) is 6.45. The van der Waals surface area contributed by atoms with Gasteiger partial charge in [0.15, 0.2) is 5.82 Å². The van der Waals surface area contributed by atoms with Gasteiger partial charge in [0.25, 0.3) is 0 Å². The number of ether oxygens (including phenoxy) is 1. The van der Waals surface area contributed by atoms with Crippen LogP contribution < -0.4 is 0 Å². The van der Waals surface area contributed by atoms with Crippen LogP contribution in [0.3, 0.4) is 0 Å². The summed E-state index contributed by atoms with van der Waals surface area (Å²) in [7, 11) is 0. The molecule has 1 aromatic heterocycles. The quantitative estimate of drug-likeness (QED) is 0.808. The number of nitrogens with zero attached hydrogens (tertiary/aromatic N) is 3. The molecule has 19 heavy (non-hydrogen) atoms. The lowest BCUT2D eigenvalue weighted by molar-refractivity contribution is -0.166. The minimum atomic E-state index is -0.938. The Balaban J connectivity index is 1.46. The Morgan fingerprint density at radius 2 is 2.32 bits per heavy atom. The van der Waals surface area contributed by atoms with Crippen LogP contribution in [-0.2, 0) is 16.1 Å². The molecule has 104 valence electrons. The monoisotopic (exact) mass is 267 g/mol. The second-order valence-electron chi connectivity index (χ2n) is 5.60. The van der Waals surface area contributed by atoms with Gasteiger partial charge in [0.1, 0.15) is 6.61 Å². The zero-order chi connectivity index (χ0) is 13.5. The summed E-state index contributed by atoms with van der Waals surface area (Å²) < 4.78 is 10.5. The van der Waals surface area contributed by atoms with Gasteiger partial charge in [-0.15, -0.1) is 0 Å². The molecule has 2 fully saturated rings. The van der Waals surface area contributed by atoms with Gasteiger partial charge in [0.05, 0.1) is 12.1 Å². The number of carboxylic acid groups (broad SMARTS) is 1. The number of carbonyl (C=O) groups is 1. The molecule has 0 spiro atoms. The van der Waals surface area contributed by atoms with Gasteiger partial charge >= 0.3 is 5.97 Å². The van der Waals surface area contributed by atoms with Gasteiger partial charge in [0.2, 0.25) is 5.89 Å². The van der Waals surface area contributed by atoms with Crippen molar-refractivity contribution in [3.63, 3.8) is 0 Å². The van der Waals surface area contributed by atoms with Gasteiger partial charge in [0, 0.05) is 19.0 Å². The molecule has 1 aliphatic heterocycles. The van der Waals surface area contributed by atoms with E-state index in [0.717, 1.165) is 18.7 Å². The van der Waals surface area contributed by atoms with Crippen LogP contribution in [0.5, 0.6) is 0 Å². The van der Waals surface area contributed by atoms with E-state index in [-0.39, 0.29) is 12.2 Å². The molecule has 0 radical (unpaired) electrons. The summed E-state index contributed by atoms with van der Waals surface area (Å²) in [4.78, 5) is 16.9. The summed E-state index contributed by atoms with van der Waals surface area (Å²) in [5, 5.41) is 12.5. The minimum Gasteiger partial charge on any atom is -0.480 e. The molecule has 0 amide bonds. The fraction of sp³-hybridized carbons (Fsp3) is 0.750. The van der Waals surface area contributed by atoms with E-state index < -0.39 is 5.97 Å². The molecule has 1 saturated carbocycles. The van der Waals surface area contributed by atoms with Crippen LogP contribution in [-0.4, -0.2) is 51.4 Å². The Bertz CT molecular complexity index is 477. The van der Waals surface area contributed by atoms with Crippen LogP contribution in [0, 0.1) is 0 Å². The van der Waals surface area contributed by atoms with Crippen molar-refractivity contribution in [2.75, 3.05) is 19.7 Å². The molecule has 7 heteroatoms. The largest absolute Gasteiger partial charge is 0.480 e. The first-order valence-corrected chi connectivity index (χ1v) is 6.45. The van der Waals surface area contributed by atoms with Gasteiger partial charge < -0.3 is 14.4 Å². The van der Waals surface area contributed by atoms with Crippen molar-refractivity contribution in [3.8, 4) is 0 Å². The van der Waals surface area contributed by atoms with Gasteiger partial charge in [-0.2, -0.15) is 4.98 Å². The Morgan fingerprint density at radius 1 is 1.58 bits per heavy atom. The summed E-state index contributed by atoms with van der Waals surface area (Å²) >= 11 is 0. The topological polar surface area (TPSA) is 88.7 Å². The first-order chi connectivity index (χ1) is 9.04. The molecule has 0 bridgehead atoms. The molecular weight excluding hydrogens is 250 g/mol. The normalized spacial score (nSPS) is 22.2. The molecular formula is C12H17N3O4. The lowest BCUT2D eigenvalue weighted by Gasteiger charge is -2.46. The first kappa shape index (κ1) is 12.6. The molecule has 3 rings (SSSR count). The SMILES string of the molecule is CC1(OCC(=O)O)CN(Cc2noc(C3CC3)n2)C1. The maximum Gasteiger partial charge on any atom is 0.329 e. The number of hydrogen-bond acceptors (Lipinski definition) is 6. The van der Waals surface area contributed by atoms with Crippen molar-refractivity contribution >= 4 is 5.97 Å². The molecule has 1 aromatic rings. The van der Waals surface area contributed by atoms with Crippen molar-refractivity contribution in [3.05, 3.63) is 11.7 Å². The predicted octanol–water partition coefficient (Wildman–Crippen LogP) is 0.622. The summed E-state index contributed by atoms with van der Waals surface area (Å²) in [5.41, 5.74) is -0.374. The Morgan fingerprint density at radius 3 is 2.95 bits per heavy atom. The van der Waals surface area contributed by atoms with Crippen LogP contribution in [0.25, 0.3) is 0 Å². The average Bonchev–Trinajstić information content (AvgIpc) is 3.06. The van der Waals surface area contributed by atoms with Crippen molar-refractivity contribution < 1.29 is 19.2 Å². The molecule has 0 atom stereocenters. The molecule has 1 aliphatic carbocycles. The van der Waals surface area contributed by atoms with Crippen molar-refractivity contribution in [1.29, 1.82) is 0 Å². The van der Waals surface area contributed by atoms with E-state index in [4.69, 9.17) is 14.4 Å². The number of aromatic nitrogens is 2. The summed E-state index contributed by atoms with van der Waals surface area (Å²) in [6, 6.07) is 0. The number of aliphatic carboxylic acids is 1. The second kappa shape index (κ2) is 4.57. The standard InChI is InChI=1S/C12H17N3O4/c1-12(18-5-10(16)17)6-15(7-12)4-9-13-11(19-14-9)8-2-3-8/h8H,2-7H2,1H3,(H,16,17). The van der Waals surface area contributed by atoms with Crippen LogP contribution >= 0.6 is 0 Å². The number of hydrogen-bond donors (Lipinski definition) is 1. The molecule has 1 N–H and O–H groups in total. The Hall–Kier alpha value is -1.47. The van der Waals surface area contributed by atoms with Crippen LogP contribution in [0.1, 0.15) is 37.4 Å².